The molecule has 2 N–H and O–H groups in total. The molecule has 16 heavy (non-hydrogen) atoms. The molecule has 1 aliphatic carbocycles. The van der Waals surface area contributed by atoms with Crippen LogP contribution in [0.25, 0.3) is 0 Å². The van der Waals surface area contributed by atoms with Crippen LogP contribution in [0.1, 0.15) is 48.5 Å². The average Bonchev–Trinajstić information content (AvgIpc) is 2.36. The predicted molar refractivity (Wildman–Crippen MR) is 67.2 cm³/mol. The maximum absolute atomic E-state index is 11.6. The molecule has 1 amide bonds. The largest absolute Gasteiger partial charge is 0.350 e. The summed E-state index contributed by atoms with van der Waals surface area (Å²) < 4.78 is 0. The summed E-state index contributed by atoms with van der Waals surface area (Å²) in [6.45, 7) is 15.4. The van der Waals surface area contributed by atoms with Crippen molar-refractivity contribution in [2.24, 2.45) is 10.8 Å². The van der Waals surface area contributed by atoms with Crippen molar-refractivity contribution in [2.45, 2.75) is 60.0 Å². The van der Waals surface area contributed by atoms with Gasteiger partial charge in [-0.1, -0.05) is 27.7 Å². The standard InChI is InChI=1S/C13H26N2O/c1-11(2,3)15-9(16)8-14-10-12(4,5)13(10,6)7/h10,14H,8H2,1-7H3,(H,15,16). The predicted octanol–water partition coefficient (Wildman–Crippen LogP) is 1.93. The Bertz CT molecular complexity index is 273. The quantitative estimate of drug-likeness (QED) is 0.772. The highest BCUT2D eigenvalue weighted by atomic mass is 16.2. The molecule has 0 unspecified atom stereocenters. The van der Waals surface area contributed by atoms with E-state index in [-0.39, 0.29) is 22.3 Å². The van der Waals surface area contributed by atoms with E-state index in [2.05, 4.69) is 38.3 Å². The highest BCUT2D eigenvalue weighted by Gasteiger charge is 2.64. The number of hydrogen-bond donors (Lipinski definition) is 2. The number of hydrogen-bond acceptors (Lipinski definition) is 2. The molecule has 0 bridgehead atoms. The SMILES string of the molecule is CC(C)(C)NC(=O)CNC1C(C)(C)C1(C)C. The molecule has 3 nitrogen and oxygen atoms in total. The summed E-state index contributed by atoms with van der Waals surface area (Å²) in [7, 11) is 0. The zero-order chi connectivity index (χ0) is 12.8. The molecule has 0 spiro atoms. The fourth-order valence-corrected chi connectivity index (χ4v) is 2.36. The summed E-state index contributed by atoms with van der Waals surface area (Å²) in [5.41, 5.74) is 0.428. The van der Waals surface area contributed by atoms with Crippen LogP contribution in [0.15, 0.2) is 0 Å². The van der Waals surface area contributed by atoms with Gasteiger partial charge in [0.2, 0.25) is 5.91 Å². The second-order valence-corrected chi connectivity index (χ2v) is 7.06. The van der Waals surface area contributed by atoms with Crippen molar-refractivity contribution in [2.75, 3.05) is 6.54 Å². The monoisotopic (exact) mass is 226 g/mol. The van der Waals surface area contributed by atoms with Gasteiger partial charge < -0.3 is 10.6 Å². The maximum atomic E-state index is 11.6. The van der Waals surface area contributed by atoms with E-state index in [0.29, 0.717) is 12.6 Å². The van der Waals surface area contributed by atoms with Crippen molar-refractivity contribution in [1.29, 1.82) is 0 Å². The van der Waals surface area contributed by atoms with Crippen molar-refractivity contribution < 1.29 is 4.79 Å². The van der Waals surface area contributed by atoms with E-state index in [1.165, 1.54) is 0 Å². The first-order valence-corrected chi connectivity index (χ1v) is 6.03. The minimum atomic E-state index is -0.145. The van der Waals surface area contributed by atoms with E-state index in [1.54, 1.807) is 0 Å². The summed E-state index contributed by atoms with van der Waals surface area (Å²) in [6, 6.07) is 0.436. The van der Waals surface area contributed by atoms with Crippen LogP contribution in [0.4, 0.5) is 0 Å². The molecule has 1 saturated carbocycles. The number of nitrogens with one attached hydrogen (secondary N) is 2. The van der Waals surface area contributed by atoms with Crippen LogP contribution in [0.3, 0.4) is 0 Å². The molecule has 0 heterocycles. The van der Waals surface area contributed by atoms with Gasteiger partial charge >= 0.3 is 0 Å². The third-order valence-electron chi connectivity index (χ3n) is 4.00. The first-order valence-electron chi connectivity index (χ1n) is 6.03. The third kappa shape index (κ3) is 2.57. The fourth-order valence-electron chi connectivity index (χ4n) is 2.36. The Morgan fingerprint density at radius 1 is 1.12 bits per heavy atom. The summed E-state index contributed by atoms with van der Waals surface area (Å²) in [6.07, 6.45) is 0. The first-order chi connectivity index (χ1) is 6.98. The smallest absolute Gasteiger partial charge is 0.234 e. The van der Waals surface area contributed by atoms with Crippen LogP contribution in [0, 0.1) is 10.8 Å². The summed E-state index contributed by atoms with van der Waals surface area (Å²) >= 11 is 0. The number of carbonyl (C=O) groups excluding carboxylic acids is 1. The lowest BCUT2D eigenvalue weighted by Crippen LogP contribution is -2.45. The van der Waals surface area contributed by atoms with Crippen molar-refractivity contribution in [3.63, 3.8) is 0 Å². The van der Waals surface area contributed by atoms with Gasteiger partial charge in [0.05, 0.1) is 6.54 Å². The summed E-state index contributed by atoms with van der Waals surface area (Å²) in [5, 5.41) is 6.30. The molecule has 0 aliphatic heterocycles. The van der Waals surface area contributed by atoms with Crippen molar-refractivity contribution in [3.8, 4) is 0 Å². The number of carbonyl (C=O) groups is 1. The van der Waals surface area contributed by atoms with Crippen LogP contribution < -0.4 is 10.6 Å². The molecule has 0 aromatic heterocycles. The van der Waals surface area contributed by atoms with E-state index >= 15 is 0 Å². The molecule has 94 valence electrons. The van der Waals surface area contributed by atoms with Crippen LogP contribution in [-0.4, -0.2) is 24.0 Å². The van der Waals surface area contributed by atoms with Crippen LogP contribution >= 0.6 is 0 Å². The molecular formula is C13H26N2O. The number of amides is 1. The van der Waals surface area contributed by atoms with E-state index in [0.717, 1.165) is 0 Å². The lowest BCUT2D eigenvalue weighted by molar-refractivity contribution is -0.121. The summed E-state index contributed by atoms with van der Waals surface area (Å²) in [4.78, 5) is 11.6. The second kappa shape index (κ2) is 3.73. The second-order valence-electron chi connectivity index (χ2n) is 7.06. The Labute approximate surface area is 99.4 Å². The van der Waals surface area contributed by atoms with Gasteiger partial charge in [-0.25, -0.2) is 0 Å². The Kier molecular flexibility index (Phi) is 3.14. The zero-order valence-electron chi connectivity index (χ0n) is 11.7. The molecule has 0 aromatic rings. The van der Waals surface area contributed by atoms with Crippen molar-refractivity contribution in [3.05, 3.63) is 0 Å². The Morgan fingerprint density at radius 2 is 1.56 bits per heavy atom. The van der Waals surface area contributed by atoms with E-state index in [9.17, 15) is 4.79 Å². The molecule has 0 atom stereocenters. The van der Waals surface area contributed by atoms with Crippen molar-refractivity contribution in [1.82, 2.24) is 10.6 Å². The van der Waals surface area contributed by atoms with Gasteiger partial charge in [0.25, 0.3) is 0 Å². The minimum Gasteiger partial charge on any atom is -0.350 e. The fraction of sp³-hybridized carbons (Fsp3) is 0.923. The molecule has 0 saturated heterocycles. The molecule has 1 rings (SSSR count). The van der Waals surface area contributed by atoms with Gasteiger partial charge in [0.15, 0.2) is 0 Å². The van der Waals surface area contributed by atoms with E-state index in [1.807, 2.05) is 20.8 Å². The van der Waals surface area contributed by atoms with Gasteiger partial charge in [0, 0.05) is 11.6 Å². The minimum absolute atomic E-state index is 0.0750. The van der Waals surface area contributed by atoms with Crippen LogP contribution in [0.2, 0.25) is 0 Å². The van der Waals surface area contributed by atoms with Crippen molar-refractivity contribution >= 4 is 5.91 Å². The lowest BCUT2D eigenvalue weighted by atomic mass is 10.0. The molecule has 0 radical (unpaired) electrons. The lowest BCUT2D eigenvalue weighted by Gasteiger charge is -2.20. The third-order valence-corrected chi connectivity index (χ3v) is 4.00. The van der Waals surface area contributed by atoms with Gasteiger partial charge in [-0.15, -0.1) is 0 Å². The Balaban J connectivity index is 2.36. The number of rotatable bonds is 3. The normalized spacial score (nSPS) is 22.9. The molecule has 1 aliphatic rings. The summed E-state index contributed by atoms with van der Waals surface area (Å²) in [5.74, 6) is 0.0750. The zero-order valence-corrected chi connectivity index (χ0v) is 11.7. The van der Waals surface area contributed by atoms with Crippen LogP contribution in [-0.2, 0) is 4.79 Å². The maximum Gasteiger partial charge on any atom is 0.234 e. The molecular weight excluding hydrogens is 200 g/mol. The highest BCUT2D eigenvalue weighted by molar-refractivity contribution is 5.78. The molecule has 1 fully saturated rings. The van der Waals surface area contributed by atoms with Gasteiger partial charge in [-0.3, -0.25) is 4.79 Å². The first kappa shape index (κ1) is 13.5. The van der Waals surface area contributed by atoms with E-state index in [4.69, 9.17) is 0 Å². The Hall–Kier alpha value is -0.570. The van der Waals surface area contributed by atoms with Gasteiger partial charge in [-0.05, 0) is 31.6 Å². The topological polar surface area (TPSA) is 41.1 Å². The average molecular weight is 226 g/mol. The van der Waals surface area contributed by atoms with Crippen LogP contribution in [0.5, 0.6) is 0 Å². The molecule has 3 heteroatoms. The van der Waals surface area contributed by atoms with Gasteiger partial charge in [0.1, 0.15) is 0 Å². The highest BCUT2D eigenvalue weighted by Crippen LogP contribution is 2.62. The Morgan fingerprint density at radius 3 is 1.88 bits per heavy atom. The van der Waals surface area contributed by atoms with Gasteiger partial charge in [-0.2, -0.15) is 0 Å². The molecule has 0 aromatic carbocycles. The van der Waals surface area contributed by atoms with E-state index < -0.39 is 0 Å².